The Balaban J connectivity index is 0.832. The maximum absolute atomic E-state index is 12.6. The molecule has 19 atom stereocenters. The lowest BCUT2D eigenvalue weighted by Crippen LogP contribution is -2.67. The van der Waals surface area contributed by atoms with Crippen molar-refractivity contribution in [3.05, 3.63) is 11.6 Å². The van der Waals surface area contributed by atoms with Gasteiger partial charge in [0.1, 0.15) is 18.8 Å². The summed E-state index contributed by atoms with van der Waals surface area (Å²) < 4.78 is 43.1. The monoisotopic (exact) mass is 791 g/mol. The molecule has 318 valence electrons. The SMILES string of the molecule is CCN1CCC(O[C@@H]2[C@H](C)O[C@@H](O[C@@H]3[C@H](C)O[C@@H](O[C@H]4CC[C@@]5(C)C(CCC6C5C[C@H](O)[C@]5(C)[C@@H](C7=CC(=O)OC7)CC[C@]65O)C4)C[C@@H]3O)C[C@@H]2O)OC(C)C1. The molecule has 5 unspecified atom stereocenters. The van der Waals surface area contributed by atoms with Gasteiger partial charge in [-0.25, -0.2) is 4.79 Å². The summed E-state index contributed by atoms with van der Waals surface area (Å²) in [6, 6.07) is 0. The Morgan fingerprint density at radius 1 is 0.804 bits per heavy atom. The second-order valence-electron chi connectivity index (χ2n) is 19.3. The van der Waals surface area contributed by atoms with E-state index in [1.165, 1.54) is 0 Å². The fourth-order valence-electron chi connectivity index (χ4n) is 13.2. The van der Waals surface area contributed by atoms with E-state index in [1.54, 1.807) is 6.08 Å². The lowest BCUT2D eigenvalue weighted by atomic mass is 9.42. The molecular weight excluding hydrogens is 722 g/mol. The summed E-state index contributed by atoms with van der Waals surface area (Å²) in [5.74, 6) is 0.283. The van der Waals surface area contributed by atoms with Gasteiger partial charge in [0.2, 0.25) is 0 Å². The summed E-state index contributed by atoms with van der Waals surface area (Å²) in [5.41, 5.74) is -0.832. The van der Waals surface area contributed by atoms with Gasteiger partial charge in [-0.15, -0.1) is 0 Å². The number of cyclic esters (lactones) is 1. The van der Waals surface area contributed by atoms with Gasteiger partial charge in [-0.1, -0.05) is 20.8 Å². The van der Waals surface area contributed by atoms with E-state index in [1.807, 2.05) is 20.8 Å². The molecular formula is C43H69NO12. The van der Waals surface area contributed by atoms with Gasteiger partial charge in [-0.2, -0.15) is 0 Å². The first kappa shape index (κ1) is 41.5. The highest BCUT2D eigenvalue weighted by Gasteiger charge is 2.71. The maximum Gasteiger partial charge on any atom is 0.331 e. The van der Waals surface area contributed by atoms with E-state index in [2.05, 4.69) is 25.7 Å². The van der Waals surface area contributed by atoms with E-state index < -0.39 is 72.6 Å². The van der Waals surface area contributed by atoms with Crippen LogP contribution in [0.25, 0.3) is 0 Å². The molecule has 4 aliphatic heterocycles. The van der Waals surface area contributed by atoms with Crippen LogP contribution in [0.2, 0.25) is 0 Å². The van der Waals surface area contributed by atoms with Gasteiger partial charge in [0.25, 0.3) is 0 Å². The lowest BCUT2D eigenvalue weighted by Gasteiger charge is -2.65. The van der Waals surface area contributed by atoms with Crippen LogP contribution in [0.15, 0.2) is 11.6 Å². The molecule has 4 N–H and O–H groups in total. The number of rotatable bonds is 8. The van der Waals surface area contributed by atoms with Gasteiger partial charge < -0.3 is 58.5 Å². The number of ether oxygens (including phenoxy) is 7. The Labute approximate surface area is 332 Å². The molecule has 0 aromatic rings. The van der Waals surface area contributed by atoms with Gasteiger partial charge in [0, 0.05) is 43.8 Å². The first-order valence-corrected chi connectivity index (χ1v) is 21.9. The number of esters is 1. The molecule has 0 spiro atoms. The number of aliphatic hydroxyl groups excluding tert-OH is 3. The Hall–Kier alpha value is -1.23. The average molecular weight is 792 g/mol. The van der Waals surface area contributed by atoms with Gasteiger partial charge in [-0.05, 0) is 113 Å². The van der Waals surface area contributed by atoms with Gasteiger partial charge in [0.15, 0.2) is 18.9 Å². The number of nitrogens with zero attached hydrogens (tertiary/aromatic N) is 1. The van der Waals surface area contributed by atoms with E-state index in [-0.39, 0.29) is 60.8 Å². The van der Waals surface area contributed by atoms with Crippen molar-refractivity contribution in [3.63, 3.8) is 0 Å². The molecule has 4 saturated carbocycles. The normalized spacial score (nSPS) is 52.7. The van der Waals surface area contributed by atoms with Crippen LogP contribution in [0.3, 0.4) is 0 Å². The van der Waals surface area contributed by atoms with Crippen molar-refractivity contribution in [1.82, 2.24) is 4.90 Å². The predicted octanol–water partition coefficient (Wildman–Crippen LogP) is 3.82. The molecule has 13 nitrogen and oxygen atoms in total. The zero-order valence-corrected chi connectivity index (χ0v) is 34.4. The van der Waals surface area contributed by atoms with E-state index in [0.29, 0.717) is 18.8 Å². The Morgan fingerprint density at radius 2 is 1.48 bits per heavy atom. The maximum atomic E-state index is 12.6. The molecule has 8 aliphatic rings. The van der Waals surface area contributed by atoms with Crippen LogP contribution in [-0.4, -0.2) is 137 Å². The van der Waals surface area contributed by atoms with Crippen molar-refractivity contribution in [3.8, 4) is 0 Å². The van der Waals surface area contributed by atoms with E-state index >= 15 is 0 Å². The molecule has 0 aromatic heterocycles. The molecule has 13 heteroatoms. The van der Waals surface area contributed by atoms with Crippen LogP contribution >= 0.6 is 0 Å². The number of fused-ring (bicyclic) bond motifs is 5. The number of carbonyl (C=O) groups is 1. The number of carbonyl (C=O) groups excluding carboxylic acids is 1. The molecule has 0 radical (unpaired) electrons. The number of aliphatic hydroxyl groups is 4. The highest BCUT2D eigenvalue weighted by Crippen LogP contribution is 2.70. The zero-order valence-electron chi connectivity index (χ0n) is 34.4. The zero-order chi connectivity index (χ0) is 39.7. The third-order valence-electron chi connectivity index (χ3n) is 16.3. The van der Waals surface area contributed by atoms with Gasteiger partial charge >= 0.3 is 5.97 Å². The van der Waals surface area contributed by atoms with Crippen molar-refractivity contribution in [2.24, 2.45) is 34.5 Å². The van der Waals surface area contributed by atoms with Crippen molar-refractivity contribution in [2.75, 3.05) is 26.2 Å². The van der Waals surface area contributed by atoms with Crippen LogP contribution < -0.4 is 0 Å². The topological polar surface area (TPSA) is 166 Å². The summed E-state index contributed by atoms with van der Waals surface area (Å²) in [6.45, 7) is 15.3. The van der Waals surface area contributed by atoms with Crippen molar-refractivity contribution >= 4 is 5.97 Å². The molecule has 0 amide bonds. The second kappa shape index (κ2) is 16.0. The standard InChI is InChI=1S/C43H69NO12/c1-7-44-15-12-36(51-23(2)21-44)55-39-24(3)53-38(20-33(39)46)56-40-25(4)52-37(19-32(40)45)54-28-10-13-41(5)27(17-28)8-9-30-31(41)18-34(47)42(6)29(11-14-43(30,42)49)26-16-35(48)50-22-26/h16,23-25,27-34,36-40,45-47,49H,7-15,17-22H2,1-6H3/t23?,24-,25-,27?,28-,29+,30?,31?,32-,33-,34-,36?,37-,38-,39+,40+,41-,42-,43-/m0/s1. The third kappa shape index (κ3) is 7.34. The van der Waals surface area contributed by atoms with Crippen molar-refractivity contribution in [2.45, 2.75) is 192 Å². The molecule has 56 heavy (non-hydrogen) atoms. The van der Waals surface area contributed by atoms with Crippen LogP contribution in [0.5, 0.6) is 0 Å². The molecule has 0 aromatic carbocycles. The molecule has 8 rings (SSSR count). The van der Waals surface area contributed by atoms with Crippen LogP contribution in [-0.2, 0) is 38.0 Å². The first-order chi connectivity index (χ1) is 26.6. The molecule has 4 heterocycles. The summed E-state index contributed by atoms with van der Waals surface area (Å²) in [4.78, 5) is 14.3. The minimum Gasteiger partial charge on any atom is -0.458 e. The Morgan fingerprint density at radius 3 is 2.12 bits per heavy atom. The molecule has 7 fully saturated rings. The Bertz CT molecular complexity index is 1420. The highest BCUT2D eigenvalue weighted by molar-refractivity contribution is 5.85. The van der Waals surface area contributed by atoms with Crippen molar-refractivity contribution < 1.29 is 58.4 Å². The predicted molar refractivity (Wildman–Crippen MR) is 203 cm³/mol. The summed E-state index contributed by atoms with van der Waals surface area (Å²) in [6.07, 6.45) is 3.25. The Kier molecular flexibility index (Phi) is 11.8. The lowest BCUT2D eigenvalue weighted by molar-refractivity contribution is -0.329. The average Bonchev–Trinajstić information content (AvgIpc) is 3.63. The third-order valence-corrected chi connectivity index (χ3v) is 16.3. The van der Waals surface area contributed by atoms with E-state index in [0.717, 1.165) is 70.2 Å². The van der Waals surface area contributed by atoms with Crippen LogP contribution in [0.4, 0.5) is 0 Å². The van der Waals surface area contributed by atoms with E-state index in [4.69, 9.17) is 33.2 Å². The second-order valence-corrected chi connectivity index (χ2v) is 19.3. The highest BCUT2D eigenvalue weighted by atomic mass is 16.7. The quantitative estimate of drug-likeness (QED) is 0.207. The van der Waals surface area contributed by atoms with Gasteiger partial charge in [0.05, 0.1) is 48.3 Å². The van der Waals surface area contributed by atoms with Gasteiger partial charge in [-0.3, -0.25) is 0 Å². The molecule has 0 bridgehead atoms. The summed E-state index contributed by atoms with van der Waals surface area (Å²) in [5, 5.41) is 47.0. The largest absolute Gasteiger partial charge is 0.458 e. The number of hydrogen-bond donors (Lipinski definition) is 4. The molecule has 4 aliphatic carbocycles. The fraction of sp³-hybridized carbons (Fsp3) is 0.930. The van der Waals surface area contributed by atoms with Crippen LogP contribution in [0.1, 0.15) is 112 Å². The summed E-state index contributed by atoms with van der Waals surface area (Å²) in [7, 11) is 0. The smallest absolute Gasteiger partial charge is 0.331 e. The minimum absolute atomic E-state index is 0.0175. The minimum atomic E-state index is -0.998. The van der Waals surface area contributed by atoms with Crippen molar-refractivity contribution in [1.29, 1.82) is 0 Å². The summed E-state index contributed by atoms with van der Waals surface area (Å²) >= 11 is 0. The fourth-order valence-corrected chi connectivity index (χ4v) is 13.2. The first-order valence-electron chi connectivity index (χ1n) is 21.9. The van der Waals surface area contributed by atoms with E-state index in [9.17, 15) is 25.2 Å². The number of likely N-dealkylation sites (N-methyl/N-ethyl adjacent to an activating group) is 1. The van der Waals surface area contributed by atoms with Crippen LogP contribution in [0, 0.1) is 34.5 Å². The molecule has 3 saturated heterocycles. The number of hydrogen-bond acceptors (Lipinski definition) is 13.